The van der Waals surface area contributed by atoms with Gasteiger partial charge in [-0.1, -0.05) is 18.6 Å². The summed E-state index contributed by atoms with van der Waals surface area (Å²) >= 11 is 0. The molecule has 0 saturated heterocycles. The minimum atomic E-state index is -0.586. The van der Waals surface area contributed by atoms with Gasteiger partial charge >= 0.3 is 0 Å². The van der Waals surface area contributed by atoms with Crippen LogP contribution >= 0.6 is 0 Å². The van der Waals surface area contributed by atoms with E-state index in [4.69, 9.17) is 5.73 Å². The third-order valence-corrected chi connectivity index (χ3v) is 7.38. The second-order valence-corrected chi connectivity index (χ2v) is 10.2. The van der Waals surface area contributed by atoms with Gasteiger partial charge in [-0.05, 0) is 69.6 Å². The first-order valence-corrected chi connectivity index (χ1v) is 12.2. The topological polar surface area (TPSA) is 113 Å². The van der Waals surface area contributed by atoms with Gasteiger partial charge in [-0.25, -0.2) is 4.98 Å². The lowest BCUT2D eigenvalue weighted by Gasteiger charge is -2.38. The number of carbonyl (C=O) groups excluding carboxylic acids is 2. The fourth-order valence-electron chi connectivity index (χ4n) is 5.03. The maximum atomic E-state index is 12.6. The number of nitrogens with one attached hydrogen (secondary N) is 2. The van der Waals surface area contributed by atoms with E-state index >= 15 is 0 Å². The molecule has 0 aliphatic heterocycles. The Labute approximate surface area is 201 Å². The zero-order valence-corrected chi connectivity index (χ0v) is 20.4. The van der Waals surface area contributed by atoms with Crippen LogP contribution in [0.5, 0.6) is 0 Å². The van der Waals surface area contributed by atoms with E-state index in [1.54, 1.807) is 0 Å². The highest BCUT2D eigenvalue weighted by Gasteiger charge is 2.40. The number of anilines is 3. The van der Waals surface area contributed by atoms with Crippen LogP contribution in [0.4, 0.5) is 17.5 Å². The van der Waals surface area contributed by atoms with E-state index < -0.39 is 5.41 Å². The highest BCUT2D eigenvalue weighted by Crippen LogP contribution is 2.40. The van der Waals surface area contributed by atoms with Gasteiger partial charge in [0, 0.05) is 43.5 Å². The maximum Gasteiger partial charge on any atom is 0.227 e. The molecule has 2 amide bonds. The standard InChI is InChI=1S/C26H36N6O2/c1-17-16-28-25(31-22(17)32(2)3)30-20-10-12-26(13-11-20,24(27)34)15-18-6-4-9-21(14-18)29-23(33)19-7-5-8-19/h4,6,9,14,16,19-20H,5,7-8,10-13,15H2,1-3H3,(H2,27,34)(H,29,33)(H,28,30,31). The SMILES string of the molecule is Cc1cnc(NC2CCC(Cc3cccc(NC(=O)C4CCC4)c3)(C(N)=O)CC2)nc1N(C)C. The van der Waals surface area contributed by atoms with Gasteiger partial charge in [0.1, 0.15) is 5.82 Å². The third-order valence-electron chi connectivity index (χ3n) is 7.38. The molecular weight excluding hydrogens is 428 g/mol. The third kappa shape index (κ3) is 5.32. The van der Waals surface area contributed by atoms with Crippen LogP contribution in [0.15, 0.2) is 30.5 Å². The Bertz CT molecular complexity index is 1040. The van der Waals surface area contributed by atoms with Gasteiger partial charge in [0.2, 0.25) is 17.8 Å². The summed E-state index contributed by atoms with van der Waals surface area (Å²) in [5, 5.41) is 6.48. The molecule has 4 N–H and O–H groups in total. The molecule has 2 aliphatic rings. The van der Waals surface area contributed by atoms with E-state index in [1.807, 2.05) is 56.4 Å². The number of rotatable bonds is 8. The normalized spacial score (nSPS) is 22.5. The number of hydrogen-bond acceptors (Lipinski definition) is 6. The first-order valence-electron chi connectivity index (χ1n) is 12.2. The number of benzene rings is 1. The molecular formula is C26H36N6O2. The zero-order chi connectivity index (χ0) is 24.3. The average Bonchev–Trinajstić information content (AvgIpc) is 2.75. The molecule has 0 radical (unpaired) electrons. The largest absolute Gasteiger partial charge is 0.369 e. The number of hydrogen-bond donors (Lipinski definition) is 3. The lowest BCUT2D eigenvalue weighted by atomic mass is 9.68. The molecule has 1 heterocycles. The van der Waals surface area contributed by atoms with Crippen LogP contribution in [0.1, 0.15) is 56.1 Å². The van der Waals surface area contributed by atoms with Crippen molar-refractivity contribution in [1.29, 1.82) is 0 Å². The lowest BCUT2D eigenvalue weighted by molar-refractivity contribution is -0.129. The molecule has 2 fully saturated rings. The quantitative estimate of drug-likeness (QED) is 0.549. The summed E-state index contributed by atoms with van der Waals surface area (Å²) in [6, 6.07) is 8.02. The summed E-state index contributed by atoms with van der Waals surface area (Å²) < 4.78 is 0. The number of nitrogens with zero attached hydrogens (tertiary/aromatic N) is 3. The molecule has 0 spiro atoms. The van der Waals surface area contributed by atoms with E-state index in [0.717, 1.165) is 54.7 Å². The second kappa shape index (κ2) is 9.99. The van der Waals surface area contributed by atoms with Gasteiger partial charge in [-0.2, -0.15) is 4.98 Å². The van der Waals surface area contributed by atoms with Crippen LogP contribution in [0.2, 0.25) is 0 Å². The van der Waals surface area contributed by atoms with Crippen molar-refractivity contribution in [1.82, 2.24) is 9.97 Å². The van der Waals surface area contributed by atoms with Crippen LogP contribution in [0.25, 0.3) is 0 Å². The molecule has 1 aromatic heterocycles. The van der Waals surface area contributed by atoms with Crippen LogP contribution in [-0.2, 0) is 16.0 Å². The molecule has 2 aliphatic carbocycles. The summed E-state index contributed by atoms with van der Waals surface area (Å²) in [5.41, 5.74) is 8.19. The summed E-state index contributed by atoms with van der Waals surface area (Å²) in [6.07, 6.45) is 8.50. The summed E-state index contributed by atoms with van der Waals surface area (Å²) in [5.74, 6) is 1.48. The first kappa shape index (κ1) is 24.0. The molecule has 4 rings (SSSR count). The minimum Gasteiger partial charge on any atom is -0.369 e. The Balaban J connectivity index is 1.39. The van der Waals surface area contributed by atoms with Gasteiger partial charge < -0.3 is 21.3 Å². The van der Waals surface area contributed by atoms with Crippen LogP contribution in [0, 0.1) is 18.3 Å². The van der Waals surface area contributed by atoms with Crippen molar-refractivity contribution >= 4 is 29.3 Å². The van der Waals surface area contributed by atoms with Gasteiger partial charge in [0.15, 0.2) is 0 Å². The van der Waals surface area contributed by atoms with Gasteiger partial charge in [-0.3, -0.25) is 9.59 Å². The van der Waals surface area contributed by atoms with Crippen molar-refractivity contribution in [2.24, 2.45) is 17.1 Å². The number of primary amides is 1. The molecule has 34 heavy (non-hydrogen) atoms. The molecule has 0 atom stereocenters. The fourth-order valence-corrected chi connectivity index (χ4v) is 5.03. The van der Waals surface area contributed by atoms with Crippen molar-refractivity contribution in [3.8, 4) is 0 Å². The predicted molar refractivity (Wildman–Crippen MR) is 135 cm³/mol. The average molecular weight is 465 g/mol. The molecule has 2 aromatic rings. The second-order valence-electron chi connectivity index (χ2n) is 10.2. The Hall–Kier alpha value is -3.16. The van der Waals surface area contributed by atoms with E-state index in [9.17, 15) is 9.59 Å². The number of aromatic nitrogens is 2. The highest BCUT2D eigenvalue weighted by atomic mass is 16.2. The van der Waals surface area contributed by atoms with Crippen molar-refractivity contribution in [3.05, 3.63) is 41.6 Å². The van der Waals surface area contributed by atoms with Gasteiger partial charge in [0.25, 0.3) is 0 Å². The predicted octanol–water partition coefficient (Wildman–Crippen LogP) is 3.66. The fraction of sp³-hybridized carbons (Fsp3) is 0.538. The van der Waals surface area contributed by atoms with Crippen LogP contribution in [-0.4, -0.2) is 41.9 Å². The Morgan fingerprint density at radius 2 is 1.91 bits per heavy atom. The Kier molecular flexibility index (Phi) is 7.05. The van der Waals surface area contributed by atoms with Crippen molar-refractivity contribution in [3.63, 3.8) is 0 Å². The van der Waals surface area contributed by atoms with E-state index in [-0.39, 0.29) is 23.8 Å². The molecule has 1 aromatic carbocycles. The maximum absolute atomic E-state index is 12.6. The summed E-state index contributed by atoms with van der Waals surface area (Å²) in [7, 11) is 3.93. The number of nitrogens with two attached hydrogens (primary N) is 1. The number of amides is 2. The van der Waals surface area contributed by atoms with Gasteiger partial charge in [-0.15, -0.1) is 0 Å². The molecule has 182 valence electrons. The molecule has 8 nitrogen and oxygen atoms in total. The molecule has 8 heteroatoms. The lowest BCUT2D eigenvalue weighted by Crippen LogP contribution is -2.44. The number of carbonyl (C=O) groups is 2. The van der Waals surface area contributed by atoms with E-state index in [1.165, 1.54) is 0 Å². The summed E-state index contributed by atoms with van der Waals surface area (Å²) in [6.45, 7) is 1.99. The Morgan fingerprint density at radius 1 is 1.18 bits per heavy atom. The Morgan fingerprint density at radius 3 is 2.53 bits per heavy atom. The zero-order valence-electron chi connectivity index (χ0n) is 20.4. The smallest absolute Gasteiger partial charge is 0.227 e. The first-order chi connectivity index (χ1) is 16.3. The monoisotopic (exact) mass is 464 g/mol. The van der Waals surface area contributed by atoms with Gasteiger partial charge in [0.05, 0.1) is 5.41 Å². The van der Waals surface area contributed by atoms with Crippen molar-refractivity contribution in [2.45, 2.75) is 64.3 Å². The van der Waals surface area contributed by atoms with E-state index in [0.29, 0.717) is 25.2 Å². The van der Waals surface area contributed by atoms with E-state index in [2.05, 4.69) is 20.6 Å². The van der Waals surface area contributed by atoms with Crippen LogP contribution < -0.4 is 21.3 Å². The molecule has 2 saturated carbocycles. The molecule has 0 unspecified atom stereocenters. The number of aryl methyl sites for hydroxylation is 1. The highest BCUT2D eigenvalue weighted by molar-refractivity contribution is 5.93. The van der Waals surface area contributed by atoms with Crippen LogP contribution in [0.3, 0.4) is 0 Å². The summed E-state index contributed by atoms with van der Waals surface area (Å²) in [4.78, 5) is 36.0. The minimum absolute atomic E-state index is 0.0929. The molecule has 0 bridgehead atoms. The van der Waals surface area contributed by atoms with Crippen molar-refractivity contribution < 1.29 is 9.59 Å². The van der Waals surface area contributed by atoms with Crippen molar-refractivity contribution in [2.75, 3.05) is 29.6 Å².